The molecule has 0 aromatic heterocycles. The zero-order valence-electron chi connectivity index (χ0n) is 15.8. The molecule has 0 aromatic rings. The first-order valence-electron chi connectivity index (χ1n) is 8.89. The maximum Gasteiger partial charge on any atom is 0.303 e. The molecule has 0 aliphatic carbocycles. The molecule has 1 N–H and O–H groups in total. The average molecular weight is 357 g/mol. The maximum atomic E-state index is 12.8. The molecule has 2 atom stereocenters. The van der Waals surface area contributed by atoms with Crippen LogP contribution in [0.25, 0.3) is 0 Å². The monoisotopic (exact) mass is 356 g/mol. The number of esters is 1. The highest BCUT2D eigenvalue weighted by Crippen LogP contribution is 2.39. The minimum Gasteiger partial charge on any atom is -0.450 e. The summed E-state index contributed by atoms with van der Waals surface area (Å²) in [4.78, 5) is 26.2. The molecular weight excluding hydrogens is 324 g/mol. The largest absolute Gasteiger partial charge is 0.450 e. The summed E-state index contributed by atoms with van der Waals surface area (Å²) in [6.45, 7) is 14.5. The van der Waals surface area contributed by atoms with Crippen molar-refractivity contribution in [1.29, 1.82) is 0 Å². The third-order valence-corrected chi connectivity index (χ3v) is 10.0. The molecule has 2 fully saturated rings. The van der Waals surface area contributed by atoms with E-state index in [4.69, 9.17) is 9.16 Å². The van der Waals surface area contributed by atoms with Crippen molar-refractivity contribution >= 4 is 20.2 Å². The summed E-state index contributed by atoms with van der Waals surface area (Å²) >= 11 is 0. The lowest BCUT2D eigenvalue weighted by Gasteiger charge is -2.39. The van der Waals surface area contributed by atoms with Crippen molar-refractivity contribution in [3.05, 3.63) is 0 Å². The van der Waals surface area contributed by atoms with Gasteiger partial charge in [-0.25, -0.2) is 0 Å². The number of carbonyl (C=O) groups excluding carboxylic acids is 2. The summed E-state index contributed by atoms with van der Waals surface area (Å²) < 4.78 is 11.8. The van der Waals surface area contributed by atoms with Crippen molar-refractivity contribution in [1.82, 2.24) is 10.2 Å². The number of ether oxygens (including phenoxy) is 1. The predicted octanol–water partition coefficient (Wildman–Crippen LogP) is 1.90. The molecule has 1 unspecified atom stereocenters. The Morgan fingerprint density at radius 1 is 1.25 bits per heavy atom. The number of rotatable bonds is 4. The number of nitrogens with one attached hydrogen (secondary N) is 1. The first-order chi connectivity index (χ1) is 11.0. The summed E-state index contributed by atoms with van der Waals surface area (Å²) in [5.41, 5.74) is 0. The average Bonchev–Trinajstić information content (AvgIpc) is 2.75. The zero-order valence-corrected chi connectivity index (χ0v) is 16.8. The molecule has 24 heavy (non-hydrogen) atoms. The van der Waals surface area contributed by atoms with Gasteiger partial charge in [-0.05, 0) is 44.1 Å². The number of carbonyl (C=O) groups is 2. The first-order valence-corrected chi connectivity index (χ1v) is 11.8. The minimum atomic E-state index is -2.05. The van der Waals surface area contributed by atoms with Crippen LogP contribution < -0.4 is 5.32 Å². The van der Waals surface area contributed by atoms with E-state index in [9.17, 15) is 9.59 Å². The van der Waals surface area contributed by atoms with Crippen LogP contribution in [0.4, 0.5) is 0 Å². The van der Waals surface area contributed by atoms with Gasteiger partial charge in [0.2, 0.25) is 6.10 Å². The Morgan fingerprint density at radius 3 is 2.33 bits per heavy atom. The van der Waals surface area contributed by atoms with E-state index < -0.39 is 20.4 Å². The first kappa shape index (κ1) is 19.4. The number of piperidine rings is 1. The molecule has 7 heteroatoms. The van der Waals surface area contributed by atoms with Crippen LogP contribution in [0.15, 0.2) is 0 Å². The molecule has 2 aliphatic rings. The van der Waals surface area contributed by atoms with E-state index in [2.05, 4.69) is 39.2 Å². The number of amides is 1. The number of nitrogens with zero attached hydrogens (tertiary/aromatic N) is 1. The van der Waals surface area contributed by atoms with Crippen molar-refractivity contribution in [2.75, 3.05) is 19.6 Å². The van der Waals surface area contributed by atoms with Gasteiger partial charge in [0.25, 0.3) is 5.91 Å². The van der Waals surface area contributed by atoms with Crippen molar-refractivity contribution in [3.8, 4) is 0 Å². The Labute approximate surface area is 146 Å². The quantitative estimate of drug-likeness (QED) is 0.615. The normalized spacial score (nSPS) is 26.8. The lowest BCUT2D eigenvalue weighted by molar-refractivity contribution is -0.158. The van der Waals surface area contributed by atoms with E-state index in [-0.39, 0.29) is 23.1 Å². The van der Waals surface area contributed by atoms with Gasteiger partial charge >= 0.3 is 5.97 Å². The van der Waals surface area contributed by atoms with Crippen LogP contribution in [0.2, 0.25) is 18.1 Å². The minimum absolute atomic E-state index is 0.0407. The summed E-state index contributed by atoms with van der Waals surface area (Å²) in [5.74, 6) is -0.523. The molecular formula is C17H32N2O4Si. The zero-order chi connectivity index (χ0) is 18.1. The van der Waals surface area contributed by atoms with Gasteiger partial charge in [-0.2, -0.15) is 0 Å². The highest BCUT2D eigenvalue weighted by molar-refractivity contribution is 6.74. The summed E-state index contributed by atoms with van der Waals surface area (Å²) in [6.07, 6.45) is 0.708. The third kappa shape index (κ3) is 4.18. The van der Waals surface area contributed by atoms with Crippen LogP contribution in [0.3, 0.4) is 0 Å². The molecule has 2 heterocycles. The van der Waals surface area contributed by atoms with E-state index in [1.807, 2.05) is 4.90 Å². The maximum absolute atomic E-state index is 12.8. The molecule has 1 amide bonds. The van der Waals surface area contributed by atoms with E-state index in [1.165, 1.54) is 6.92 Å². The third-order valence-electron chi connectivity index (χ3n) is 5.54. The summed E-state index contributed by atoms with van der Waals surface area (Å²) in [6, 6.07) is 0.213. The van der Waals surface area contributed by atoms with Gasteiger partial charge in [0, 0.05) is 13.0 Å². The Morgan fingerprint density at radius 2 is 1.83 bits per heavy atom. The highest BCUT2D eigenvalue weighted by atomic mass is 28.4. The Hall–Kier alpha value is -0.923. The highest BCUT2D eigenvalue weighted by Gasteiger charge is 2.50. The molecule has 138 valence electrons. The Bertz CT molecular complexity index is 483. The van der Waals surface area contributed by atoms with Crippen molar-refractivity contribution in [3.63, 3.8) is 0 Å². The van der Waals surface area contributed by atoms with Crippen molar-refractivity contribution in [2.24, 2.45) is 0 Å². The summed E-state index contributed by atoms with van der Waals surface area (Å²) in [5, 5.41) is 3.36. The Kier molecular flexibility index (Phi) is 5.77. The standard InChI is InChI=1S/C17H32N2O4Si/c1-12(20)22-15-14(23-24(5,6)17(2,3)4)11-19(16(15)21)13-7-9-18-10-8-13/h13-15,18H,7-11H2,1-6H3/t14-,15?/m1/s1. The lowest BCUT2D eigenvalue weighted by atomic mass is 10.1. The van der Waals surface area contributed by atoms with Crippen LogP contribution in [0.1, 0.15) is 40.5 Å². The molecule has 0 spiro atoms. The van der Waals surface area contributed by atoms with Crippen LogP contribution in [-0.4, -0.2) is 63.0 Å². The second kappa shape index (κ2) is 7.13. The van der Waals surface area contributed by atoms with Gasteiger partial charge in [-0.1, -0.05) is 20.8 Å². The topological polar surface area (TPSA) is 67.9 Å². The molecule has 2 saturated heterocycles. The molecule has 2 rings (SSSR count). The lowest BCUT2D eigenvalue weighted by Crippen LogP contribution is -2.48. The number of hydrogen-bond acceptors (Lipinski definition) is 5. The van der Waals surface area contributed by atoms with Crippen LogP contribution in [0, 0.1) is 0 Å². The molecule has 6 nitrogen and oxygen atoms in total. The fourth-order valence-corrected chi connectivity index (χ4v) is 4.42. The molecule has 0 aromatic carbocycles. The molecule has 0 bridgehead atoms. The smallest absolute Gasteiger partial charge is 0.303 e. The van der Waals surface area contributed by atoms with E-state index in [0.717, 1.165) is 25.9 Å². The summed E-state index contributed by atoms with van der Waals surface area (Å²) in [7, 11) is -2.05. The van der Waals surface area contributed by atoms with Gasteiger partial charge in [-0.15, -0.1) is 0 Å². The second-order valence-corrected chi connectivity index (χ2v) is 13.2. The van der Waals surface area contributed by atoms with Gasteiger partial charge in [0.05, 0.1) is 6.54 Å². The fraction of sp³-hybridized carbons (Fsp3) is 0.882. The van der Waals surface area contributed by atoms with E-state index in [1.54, 1.807) is 0 Å². The fourth-order valence-electron chi connectivity index (χ4n) is 3.11. The van der Waals surface area contributed by atoms with Gasteiger partial charge in [0.1, 0.15) is 6.10 Å². The van der Waals surface area contributed by atoms with Crippen LogP contribution in [0.5, 0.6) is 0 Å². The van der Waals surface area contributed by atoms with Crippen molar-refractivity contribution in [2.45, 2.75) is 76.9 Å². The molecule has 0 radical (unpaired) electrons. The van der Waals surface area contributed by atoms with Crippen LogP contribution >= 0.6 is 0 Å². The van der Waals surface area contributed by atoms with Gasteiger partial charge in [0.15, 0.2) is 8.32 Å². The Balaban J connectivity index is 2.17. The van der Waals surface area contributed by atoms with Gasteiger partial charge < -0.3 is 19.4 Å². The number of likely N-dealkylation sites (tertiary alicyclic amines) is 1. The van der Waals surface area contributed by atoms with Crippen molar-refractivity contribution < 1.29 is 18.8 Å². The predicted molar refractivity (Wildman–Crippen MR) is 95.2 cm³/mol. The molecule has 2 aliphatic heterocycles. The molecule has 0 saturated carbocycles. The van der Waals surface area contributed by atoms with Crippen LogP contribution in [-0.2, 0) is 18.8 Å². The van der Waals surface area contributed by atoms with E-state index in [0.29, 0.717) is 6.54 Å². The second-order valence-electron chi connectivity index (χ2n) is 8.42. The van der Waals surface area contributed by atoms with Gasteiger partial charge in [-0.3, -0.25) is 9.59 Å². The SMILES string of the molecule is CC(=O)OC1C(=O)N(C2CCNCC2)C[C@H]1O[Si](C)(C)C(C)(C)C. The number of hydrogen-bond donors (Lipinski definition) is 1. The van der Waals surface area contributed by atoms with E-state index >= 15 is 0 Å².